The Morgan fingerprint density at radius 3 is 2.41 bits per heavy atom. The van der Waals surface area contributed by atoms with Crippen molar-refractivity contribution in [3.63, 3.8) is 0 Å². The first-order valence-electron chi connectivity index (χ1n) is 7.41. The molecule has 0 aliphatic carbocycles. The van der Waals surface area contributed by atoms with Gasteiger partial charge >= 0.3 is 5.97 Å². The van der Waals surface area contributed by atoms with Crippen molar-refractivity contribution in [1.29, 1.82) is 0 Å². The Balaban J connectivity index is 0.000000433. The standard InChI is InChI=1S/C11H14O2.C5H12N2O2/c1-2-3-8-13-11-6-4-10(9-12)5-7-11;6-3-1-2-4(7)5(8)9/h4-7,9H,2-3,8H2,1H3;4H,1-3,6-7H2,(H,8,9)/t;4-/m.0/s1. The van der Waals surface area contributed by atoms with Gasteiger partial charge in [-0.2, -0.15) is 0 Å². The van der Waals surface area contributed by atoms with Gasteiger partial charge in [-0.1, -0.05) is 13.3 Å². The van der Waals surface area contributed by atoms with Gasteiger partial charge in [-0.3, -0.25) is 9.59 Å². The van der Waals surface area contributed by atoms with Crippen molar-refractivity contribution in [3.8, 4) is 5.75 Å². The van der Waals surface area contributed by atoms with Crippen LogP contribution in [0.4, 0.5) is 0 Å². The molecule has 0 heterocycles. The molecule has 0 bridgehead atoms. The minimum atomic E-state index is -0.955. The van der Waals surface area contributed by atoms with Gasteiger partial charge in [0, 0.05) is 5.56 Å². The number of benzene rings is 1. The fourth-order valence-corrected chi connectivity index (χ4v) is 1.44. The van der Waals surface area contributed by atoms with Crippen molar-refractivity contribution in [2.24, 2.45) is 11.5 Å². The molecule has 0 spiro atoms. The van der Waals surface area contributed by atoms with Crippen LogP contribution in [0.2, 0.25) is 0 Å². The van der Waals surface area contributed by atoms with E-state index in [9.17, 15) is 9.59 Å². The molecule has 1 rings (SSSR count). The van der Waals surface area contributed by atoms with E-state index in [4.69, 9.17) is 21.3 Å². The van der Waals surface area contributed by atoms with Crippen LogP contribution in [0.3, 0.4) is 0 Å². The van der Waals surface area contributed by atoms with Gasteiger partial charge in [-0.15, -0.1) is 0 Å². The number of ether oxygens (including phenoxy) is 1. The fourth-order valence-electron chi connectivity index (χ4n) is 1.44. The highest BCUT2D eigenvalue weighted by molar-refractivity contribution is 5.74. The largest absolute Gasteiger partial charge is 0.494 e. The second kappa shape index (κ2) is 12.8. The molecule has 0 saturated heterocycles. The van der Waals surface area contributed by atoms with Crippen LogP contribution in [-0.4, -0.2) is 36.6 Å². The van der Waals surface area contributed by atoms with Gasteiger partial charge in [0.2, 0.25) is 0 Å². The van der Waals surface area contributed by atoms with Crippen molar-refractivity contribution in [2.45, 2.75) is 38.6 Å². The first-order chi connectivity index (χ1) is 10.5. The molecule has 0 aliphatic heterocycles. The molecular weight excluding hydrogens is 284 g/mol. The van der Waals surface area contributed by atoms with E-state index in [2.05, 4.69) is 6.92 Å². The van der Waals surface area contributed by atoms with Crippen LogP contribution < -0.4 is 16.2 Å². The number of unbranched alkanes of at least 4 members (excludes halogenated alkanes) is 1. The van der Waals surface area contributed by atoms with Crippen LogP contribution in [0.5, 0.6) is 5.75 Å². The van der Waals surface area contributed by atoms with Crippen LogP contribution in [-0.2, 0) is 4.79 Å². The third-order valence-corrected chi connectivity index (χ3v) is 2.82. The van der Waals surface area contributed by atoms with Crippen molar-refractivity contribution >= 4 is 12.3 Å². The minimum Gasteiger partial charge on any atom is -0.494 e. The molecule has 1 aromatic rings. The smallest absolute Gasteiger partial charge is 0.320 e. The highest BCUT2D eigenvalue weighted by atomic mass is 16.5. The molecule has 0 fully saturated rings. The topological polar surface area (TPSA) is 116 Å². The van der Waals surface area contributed by atoms with Crippen LogP contribution in [0.1, 0.15) is 43.0 Å². The molecule has 124 valence electrons. The molecular formula is C16H26N2O4. The summed E-state index contributed by atoms with van der Waals surface area (Å²) in [6, 6.07) is 6.41. The Kier molecular flexibility index (Phi) is 11.7. The summed E-state index contributed by atoms with van der Waals surface area (Å²) in [5.74, 6) is -0.123. The van der Waals surface area contributed by atoms with Crippen LogP contribution in [0.15, 0.2) is 24.3 Å². The molecule has 1 aromatic carbocycles. The first-order valence-corrected chi connectivity index (χ1v) is 7.41. The lowest BCUT2D eigenvalue weighted by molar-refractivity contribution is -0.138. The minimum absolute atomic E-state index is 0.464. The summed E-state index contributed by atoms with van der Waals surface area (Å²) in [5, 5.41) is 8.24. The summed E-state index contributed by atoms with van der Waals surface area (Å²) in [7, 11) is 0. The predicted octanol–water partition coefficient (Wildman–Crippen LogP) is 1.82. The zero-order valence-electron chi connectivity index (χ0n) is 13.0. The third-order valence-electron chi connectivity index (χ3n) is 2.82. The summed E-state index contributed by atoms with van der Waals surface area (Å²) in [4.78, 5) is 20.4. The molecule has 0 unspecified atom stereocenters. The maximum Gasteiger partial charge on any atom is 0.320 e. The van der Waals surface area contributed by atoms with Crippen molar-refractivity contribution in [1.82, 2.24) is 0 Å². The third kappa shape index (κ3) is 9.90. The van der Waals surface area contributed by atoms with Crippen LogP contribution in [0.25, 0.3) is 0 Å². The maximum atomic E-state index is 10.3. The van der Waals surface area contributed by atoms with Gasteiger partial charge in [-0.25, -0.2) is 0 Å². The van der Waals surface area contributed by atoms with E-state index in [0.717, 1.165) is 31.5 Å². The van der Waals surface area contributed by atoms with Gasteiger partial charge in [-0.05, 0) is 50.1 Å². The lowest BCUT2D eigenvalue weighted by Gasteiger charge is -2.04. The first kappa shape index (κ1) is 20.1. The van der Waals surface area contributed by atoms with E-state index in [0.29, 0.717) is 24.9 Å². The lowest BCUT2D eigenvalue weighted by atomic mass is 10.2. The molecule has 0 aliphatic rings. The molecule has 0 amide bonds. The van der Waals surface area contributed by atoms with Gasteiger partial charge in [0.05, 0.1) is 6.61 Å². The molecule has 0 radical (unpaired) electrons. The number of hydrogen-bond donors (Lipinski definition) is 3. The zero-order chi connectivity index (χ0) is 16.8. The Labute approximate surface area is 131 Å². The normalized spacial score (nSPS) is 11.0. The molecule has 6 nitrogen and oxygen atoms in total. The summed E-state index contributed by atoms with van der Waals surface area (Å²) in [6.07, 6.45) is 4.16. The second-order valence-electron chi connectivity index (χ2n) is 4.76. The number of carbonyl (C=O) groups excluding carboxylic acids is 1. The van der Waals surface area contributed by atoms with E-state index in [-0.39, 0.29) is 0 Å². The number of rotatable bonds is 9. The van der Waals surface area contributed by atoms with Gasteiger partial charge in [0.1, 0.15) is 18.1 Å². The van der Waals surface area contributed by atoms with Crippen molar-refractivity contribution in [2.75, 3.05) is 13.2 Å². The van der Waals surface area contributed by atoms with Gasteiger partial charge in [0.25, 0.3) is 0 Å². The quantitative estimate of drug-likeness (QED) is 0.473. The Hall–Kier alpha value is -1.92. The molecule has 5 N–H and O–H groups in total. The summed E-state index contributed by atoms with van der Waals surface area (Å²) < 4.78 is 5.43. The van der Waals surface area contributed by atoms with Crippen molar-refractivity contribution in [3.05, 3.63) is 29.8 Å². The predicted molar refractivity (Wildman–Crippen MR) is 86.1 cm³/mol. The Bertz CT molecular complexity index is 421. The van der Waals surface area contributed by atoms with Crippen LogP contribution >= 0.6 is 0 Å². The molecule has 0 saturated carbocycles. The monoisotopic (exact) mass is 310 g/mol. The molecule has 6 heteroatoms. The second-order valence-corrected chi connectivity index (χ2v) is 4.76. The van der Waals surface area contributed by atoms with E-state index in [1.165, 1.54) is 0 Å². The fraction of sp³-hybridized carbons (Fsp3) is 0.500. The zero-order valence-corrected chi connectivity index (χ0v) is 13.0. The van der Waals surface area contributed by atoms with E-state index in [1.807, 2.05) is 12.1 Å². The van der Waals surface area contributed by atoms with E-state index < -0.39 is 12.0 Å². The number of carboxylic acid groups (broad SMARTS) is 1. The highest BCUT2D eigenvalue weighted by Gasteiger charge is 2.08. The maximum absolute atomic E-state index is 10.3. The van der Waals surface area contributed by atoms with Gasteiger partial charge < -0.3 is 21.3 Å². The summed E-state index contributed by atoms with van der Waals surface area (Å²) in [5.41, 5.74) is 11.0. The van der Waals surface area contributed by atoms with Gasteiger partial charge in [0.15, 0.2) is 0 Å². The van der Waals surface area contributed by atoms with Crippen LogP contribution in [0, 0.1) is 0 Å². The summed E-state index contributed by atoms with van der Waals surface area (Å²) in [6.45, 7) is 3.37. The Morgan fingerprint density at radius 2 is 1.95 bits per heavy atom. The summed E-state index contributed by atoms with van der Waals surface area (Å²) >= 11 is 0. The average molecular weight is 310 g/mol. The average Bonchev–Trinajstić information content (AvgIpc) is 2.54. The highest BCUT2D eigenvalue weighted by Crippen LogP contribution is 2.11. The molecule has 0 aromatic heterocycles. The number of aliphatic carboxylic acids is 1. The Morgan fingerprint density at radius 1 is 1.32 bits per heavy atom. The number of carbonyl (C=O) groups is 2. The molecule has 22 heavy (non-hydrogen) atoms. The molecule has 1 atom stereocenters. The number of nitrogens with two attached hydrogens (primary N) is 2. The van der Waals surface area contributed by atoms with E-state index in [1.54, 1.807) is 12.1 Å². The number of hydrogen-bond acceptors (Lipinski definition) is 5. The van der Waals surface area contributed by atoms with Crippen molar-refractivity contribution < 1.29 is 19.4 Å². The number of carboxylic acids is 1. The lowest BCUT2D eigenvalue weighted by Crippen LogP contribution is -2.30. The SMILES string of the molecule is CCCCOc1ccc(C=O)cc1.NCCC[C@H](N)C(=O)O. The van der Waals surface area contributed by atoms with E-state index >= 15 is 0 Å². The number of aldehydes is 1.